The van der Waals surface area contributed by atoms with E-state index in [4.69, 9.17) is 17.3 Å². The van der Waals surface area contributed by atoms with E-state index in [2.05, 4.69) is 30.1 Å². The van der Waals surface area contributed by atoms with E-state index in [1.165, 1.54) is 5.56 Å². The Labute approximate surface area is 113 Å². The van der Waals surface area contributed by atoms with Gasteiger partial charge >= 0.3 is 0 Å². The van der Waals surface area contributed by atoms with Gasteiger partial charge in [-0.2, -0.15) is 0 Å². The van der Waals surface area contributed by atoms with Crippen LogP contribution in [0.4, 0.5) is 0 Å². The van der Waals surface area contributed by atoms with Crippen molar-refractivity contribution < 1.29 is 0 Å². The molecule has 2 N–H and O–H groups in total. The standard InChI is InChI=1S/C15H19ClN2/c1-10(5-6-17)7-12-3-4-14-13(9-12)8-11(2)15(16)18-14/h3-4,8-10H,5-7,17H2,1-2H3. The summed E-state index contributed by atoms with van der Waals surface area (Å²) in [5.41, 5.74) is 8.91. The van der Waals surface area contributed by atoms with Gasteiger partial charge in [-0.15, -0.1) is 0 Å². The molecule has 1 aromatic heterocycles. The first-order valence-electron chi connectivity index (χ1n) is 6.36. The van der Waals surface area contributed by atoms with Crippen LogP contribution in [0.2, 0.25) is 5.15 Å². The van der Waals surface area contributed by atoms with Gasteiger partial charge in [0.15, 0.2) is 0 Å². The van der Waals surface area contributed by atoms with Gasteiger partial charge in [-0.05, 0) is 61.6 Å². The maximum absolute atomic E-state index is 6.03. The molecule has 0 aliphatic heterocycles. The minimum Gasteiger partial charge on any atom is -0.330 e. The molecule has 0 saturated heterocycles. The zero-order valence-electron chi connectivity index (χ0n) is 10.9. The van der Waals surface area contributed by atoms with E-state index in [1.54, 1.807) is 0 Å². The second-order valence-electron chi connectivity index (χ2n) is 5.01. The highest BCUT2D eigenvalue weighted by Gasteiger charge is 2.05. The molecule has 0 aliphatic rings. The van der Waals surface area contributed by atoms with Crippen LogP contribution in [-0.2, 0) is 6.42 Å². The van der Waals surface area contributed by atoms with Crippen molar-refractivity contribution in [2.45, 2.75) is 26.7 Å². The number of halogens is 1. The van der Waals surface area contributed by atoms with Crippen LogP contribution in [0, 0.1) is 12.8 Å². The number of benzene rings is 1. The van der Waals surface area contributed by atoms with Crippen LogP contribution in [-0.4, -0.2) is 11.5 Å². The average molecular weight is 263 g/mol. The first kappa shape index (κ1) is 13.3. The first-order chi connectivity index (χ1) is 8.60. The molecular weight excluding hydrogens is 244 g/mol. The number of nitrogens with two attached hydrogens (primary N) is 1. The van der Waals surface area contributed by atoms with Gasteiger partial charge in [0.2, 0.25) is 0 Å². The molecule has 0 amide bonds. The van der Waals surface area contributed by atoms with E-state index in [0.717, 1.165) is 35.9 Å². The third-order valence-corrected chi connectivity index (χ3v) is 3.63. The number of hydrogen-bond donors (Lipinski definition) is 1. The Morgan fingerprint density at radius 3 is 2.83 bits per heavy atom. The fourth-order valence-electron chi connectivity index (χ4n) is 2.22. The van der Waals surface area contributed by atoms with E-state index in [-0.39, 0.29) is 0 Å². The second-order valence-corrected chi connectivity index (χ2v) is 5.37. The summed E-state index contributed by atoms with van der Waals surface area (Å²) in [6, 6.07) is 8.49. The lowest BCUT2D eigenvalue weighted by Gasteiger charge is -2.11. The summed E-state index contributed by atoms with van der Waals surface area (Å²) < 4.78 is 0. The number of pyridine rings is 1. The van der Waals surface area contributed by atoms with Crippen molar-refractivity contribution in [1.29, 1.82) is 0 Å². The van der Waals surface area contributed by atoms with Gasteiger partial charge in [0.05, 0.1) is 5.52 Å². The molecular formula is C15H19ClN2. The van der Waals surface area contributed by atoms with Crippen LogP contribution in [0.3, 0.4) is 0 Å². The highest BCUT2D eigenvalue weighted by molar-refractivity contribution is 6.30. The van der Waals surface area contributed by atoms with Crippen molar-refractivity contribution in [3.8, 4) is 0 Å². The molecule has 0 saturated carbocycles. The molecule has 0 bridgehead atoms. The summed E-state index contributed by atoms with van der Waals surface area (Å²) in [5.74, 6) is 0.619. The van der Waals surface area contributed by atoms with E-state index in [1.807, 2.05) is 13.0 Å². The molecule has 1 heterocycles. The zero-order chi connectivity index (χ0) is 13.1. The summed E-state index contributed by atoms with van der Waals surface area (Å²) >= 11 is 6.03. The topological polar surface area (TPSA) is 38.9 Å². The van der Waals surface area contributed by atoms with Crippen LogP contribution in [0.15, 0.2) is 24.3 Å². The molecule has 18 heavy (non-hydrogen) atoms. The van der Waals surface area contributed by atoms with Crippen molar-refractivity contribution in [3.63, 3.8) is 0 Å². The van der Waals surface area contributed by atoms with E-state index in [9.17, 15) is 0 Å². The predicted octanol–water partition coefficient (Wildman–Crippen LogP) is 3.72. The van der Waals surface area contributed by atoms with Gasteiger partial charge in [-0.3, -0.25) is 0 Å². The summed E-state index contributed by atoms with van der Waals surface area (Å²) in [7, 11) is 0. The van der Waals surface area contributed by atoms with Crippen molar-refractivity contribution in [2.75, 3.05) is 6.54 Å². The summed E-state index contributed by atoms with van der Waals surface area (Å²) in [6.07, 6.45) is 2.13. The number of hydrogen-bond acceptors (Lipinski definition) is 2. The van der Waals surface area contributed by atoms with Gasteiger partial charge in [0.25, 0.3) is 0 Å². The maximum atomic E-state index is 6.03. The third kappa shape index (κ3) is 3.01. The Balaban J connectivity index is 2.29. The first-order valence-corrected chi connectivity index (χ1v) is 6.74. The Morgan fingerprint density at radius 2 is 2.11 bits per heavy atom. The molecule has 2 nitrogen and oxygen atoms in total. The predicted molar refractivity (Wildman–Crippen MR) is 78.0 cm³/mol. The number of aryl methyl sites for hydroxylation is 1. The number of aromatic nitrogens is 1. The number of nitrogens with zero attached hydrogens (tertiary/aromatic N) is 1. The number of fused-ring (bicyclic) bond motifs is 1. The van der Waals surface area contributed by atoms with Gasteiger partial charge < -0.3 is 5.73 Å². The summed E-state index contributed by atoms with van der Waals surface area (Å²) in [4.78, 5) is 4.38. The average Bonchev–Trinajstić information content (AvgIpc) is 2.31. The summed E-state index contributed by atoms with van der Waals surface area (Å²) in [6.45, 7) is 4.98. The molecule has 96 valence electrons. The van der Waals surface area contributed by atoms with Crippen LogP contribution in [0.1, 0.15) is 24.5 Å². The highest BCUT2D eigenvalue weighted by Crippen LogP contribution is 2.22. The summed E-state index contributed by atoms with van der Waals surface area (Å²) in [5, 5.41) is 1.75. The zero-order valence-corrected chi connectivity index (χ0v) is 11.7. The van der Waals surface area contributed by atoms with Gasteiger partial charge in [0.1, 0.15) is 5.15 Å². The van der Waals surface area contributed by atoms with E-state index in [0.29, 0.717) is 11.1 Å². The second kappa shape index (κ2) is 5.68. The Hall–Kier alpha value is -1.12. The lowest BCUT2D eigenvalue weighted by atomic mass is 9.97. The fraction of sp³-hybridized carbons (Fsp3) is 0.400. The van der Waals surface area contributed by atoms with Crippen molar-refractivity contribution in [2.24, 2.45) is 11.7 Å². The van der Waals surface area contributed by atoms with Crippen LogP contribution in [0.5, 0.6) is 0 Å². The molecule has 3 heteroatoms. The molecule has 1 unspecified atom stereocenters. The van der Waals surface area contributed by atoms with Crippen LogP contribution in [0.25, 0.3) is 10.9 Å². The van der Waals surface area contributed by atoms with Gasteiger partial charge in [-0.25, -0.2) is 4.98 Å². The van der Waals surface area contributed by atoms with Gasteiger partial charge in [-0.1, -0.05) is 24.6 Å². The van der Waals surface area contributed by atoms with Crippen molar-refractivity contribution >= 4 is 22.5 Å². The van der Waals surface area contributed by atoms with Crippen LogP contribution < -0.4 is 5.73 Å². The smallest absolute Gasteiger partial charge is 0.132 e. The third-order valence-electron chi connectivity index (χ3n) is 3.25. The molecule has 1 atom stereocenters. The molecule has 0 radical (unpaired) electrons. The molecule has 0 aliphatic carbocycles. The fourth-order valence-corrected chi connectivity index (χ4v) is 2.37. The van der Waals surface area contributed by atoms with E-state index < -0.39 is 0 Å². The minimum absolute atomic E-state index is 0.590. The van der Waals surface area contributed by atoms with Crippen molar-refractivity contribution in [1.82, 2.24) is 4.98 Å². The largest absolute Gasteiger partial charge is 0.330 e. The molecule has 2 aromatic rings. The molecule has 0 fully saturated rings. The van der Waals surface area contributed by atoms with E-state index >= 15 is 0 Å². The molecule has 1 aromatic carbocycles. The highest BCUT2D eigenvalue weighted by atomic mass is 35.5. The molecule has 2 rings (SSSR count). The quantitative estimate of drug-likeness (QED) is 0.853. The van der Waals surface area contributed by atoms with Crippen LogP contribution >= 0.6 is 11.6 Å². The Bertz CT molecular complexity index is 551. The minimum atomic E-state index is 0.590. The molecule has 0 spiro atoms. The Kier molecular flexibility index (Phi) is 4.20. The lowest BCUT2D eigenvalue weighted by molar-refractivity contribution is 0.539. The number of rotatable bonds is 4. The van der Waals surface area contributed by atoms with Gasteiger partial charge in [0, 0.05) is 5.39 Å². The monoisotopic (exact) mass is 262 g/mol. The normalized spacial score (nSPS) is 12.9. The SMILES string of the molecule is Cc1cc2cc(CC(C)CCN)ccc2nc1Cl. The lowest BCUT2D eigenvalue weighted by Crippen LogP contribution is -2.08. The van der Waals surface area contributed by atoms with Crippen molar-refractivity contribution in [3.05, 3.63) is 40.5 Å². The maximum Gasteiger partial charge on any atom is 0.132 e. The Morgan fingerprint density at radius 1 is 1.33 bits per heavy atom.